The molecular weight excluding hydrogens is 236 g/mol. The molecule has 1 N–H and O–H groups in total. The maximum atomic E-state index is 9.67. The highest BCUT2D eigenvalue weighted by atomic mass is 16.5. The lowest BCUT2D eigenvalue weighted by molar-refractivity contribution is -0.0293. The Morgan fingerprint density at radius 3 is 2.47 bits per heavy atom. The second-order valence-corrected chi connectivity index (χ2v) is 6.89. The molecule has 0 radical (unpaired) electrons. The maximum Gasteiger partial charge on any atom is 0.133 e. The van der Waals surface area contributed by atoms with Crippen molar-refractivity contribution in [1.29, 1.82) is 5.26 Å². The van der Waals surface area contributed by atoms with E-state index in [0.717, 1.165) is 0 Å². The van der Waals surface area contributed by atoms with E-state index in [1.54, 1.807) is 0 Å². The van der Waals surface area contributed by atoms with Crippen molar-refractivity contribution in [2.75, 3.05) is 6.61 Å². The van der Waals surface area contributed by atoms with Crippen LogP contribution in [0.3, 0.4) is 0 Å². The molecule has 0 spiro atoms. The highest BCUT2D eigenvalue weighted by Gasteiger charge is 2.49. The monoisotopic (exact) mass is 262 g/mol. The summed E-state index contributed by atoms with van der Waals surface area (Å²) in [6.07, 6.45) is 10.3. The van der Waals surface area contributed by atoms with Crippen molar-refractivity contribution in [3.8, 4) is 6.07 Å². The number of nitriles is 1. The van der Waals surface area contributed by atoms with E-state index in [2.05, 4.69) is 18.3 Å². The Bertz CT molecular complexity index is 356. The lowest BCUT2D eigenvalue weighted by Crippen LogP contribution is -2.52. The molecule has 106 valence electrons. The summed E-state index contributed by atoms with van der Waals surface area (Å²) in [6.45, 7) is 2.89. The fourth-order valence-electron chi connectivity index (χ4n) is 3.37. The van der Waals surface area contributed by atoms with Crippen molar-refractivity contribution < 1.29 is 4.74 Å². The Kier molecular flexibility index (Phi) is 3.82. The summed E-state index contributed by atoms with van der Waals surface area (Å²) < 4.78 is 6.20. The van der Waals surface area contributed by atoms with E-state index < -0.39 is 5.54 Å². The first-order chi connectivity index (χ1) is 9.23. The zero-order chi connectivity index (χ0) is 13.3. The molecule has 19 heavy (non-hydrogen) atoms. The van der Waals surface area contributed by atoms with Crippen LogP contribution in [0.4, 0.5) is 0 Å². The lowest BCUT2D eigenvalue weighted by atomic mass is 9.87. The molecule has 0 aliphatic heterocycles. The third-order valence-corrected chi connectivity index (χ3v) is 5.07. The van der Waals surface area contributed by atoms with Gasteiger partial charge < -0.3 is 4.74 Å². The number of ether oxygens (including phenoxy) is 1. The van der Waals surface area contributed by atoms with E-state index in [0.29, 0.717) is 30.6 Å². The highest BCUT2D eigenvalue weighted by molar-refractivity contribution is 5.17. The second kappa shape index (κ2) is 5.42. The number of hydrogen-bond acceptors (Lipinski definition) is 3. The molecule has 3 unspecified atom stereocenters. The molecule has 0 amide bonds. The van der Waals surface area contributed by atoms with Crippen molar-refractivity contribution >= 4 is 0 Å². The third-order valence-electron chi connectivity index (χ3n) is 5.07. The Hall–Kier alpha value is -0.590. The molecule has 0 aromatic rings. The van der Waals surface area contributed by atoms with Gasteiger partial charge in [0.25, 0.3) is 0 Å². The van der Waals surface area contributed by atoms with Gasteiger partial charge in [-0.1, -0.05) is 19.8 Å². The van der Waals surface area contributed by atoms with Crippen LogP contribution in [0.1, 0.15) is 58.3 Å². The quantitative estimate of drug-likeness (QED) is 0.800. The van der Waals surface area contributed by atoms with E-state index >= 15 is 0 Å². The summed E-state index contributed by atoms with van der Waals surface area (Å²) in [5.41, 5.74) is -0.391. The molecular formula is C16H26N2O. The van der Waals surface area contributed by atoms with Gasteiger partial charge in [-0.2, -0.15) is 5.26 Å². The Balaban J connectivity index is 1.59. The molecule has 3 heteroatoms. The lowest BCUT2D eigenvalue weighted by Gasteiger charge is -2.34. The van der Waals surface area contributed by atoms with Crippen LogP contribution in [-0.2, 0) is 4.74 Å². The van der Waals surface area contributed by atoms with Crippen LogP contribution in [0.5, 0.6) is 0 Å². The van der Waals surface area contributed by atoms with Gasteiger partial charge in [0.05, 0.1) is 18.8 Å². The average Bonchev–Trinajstić information content (AvgIpc) is 3.28. The smallest absolute Gasteiger partial charge is 0.133 e. The normalized spacial score (nSPS) is 34.5. The minimum Gasteiger partial charge on any atom is -0.375 e. The Morgan fingerprint density at radius 1 is 1.16 bits per heavy atom. The number of nitrogens with one attached hydrogen (secondary N) is 1. The van der Waals surface area contributed by atoms with Crippen LogP contribution in [0, 0.1) is 23.2 Å². The number of nitrogens with zero attached hydrogens (tertiary/aromatic N) is 1. The average molecular weight is 262 g/mol. The summed E-state index contributed by atoms with van der Waals surface area (Å²) in [4.78, 5) is 0. The summed E-state index contributed by atoms with van der Waals surface area (Å²) in [6, 6.07) is 3.14. The third kappa shape index (κ3) is 3.12. The van der Waals surface area contributed by atoms with Gasteiger partial charge in [-0.3, -0.25) is 5.32 Å². The molecule has 3 atom stereocenters. The summed E-state index contributed by atoms with van der Waals surface area (Å²) in [7, 11) is 0. The number of hydrogen-bond donors (Lipinski definition) is 1. The van der Waals surface area contributed by atoms with Crippen LogP contribution in [0.2, 0.25) is 0 Å². The van der Waals surface area contributed by atoms with E-state index in [1.807, 2.05) is 0 Å². The van der Waals surface area contributed by atoms with E-state index in [9.17, 15) is 5.26 Å². The van der Waals surface area contributed by atoms with Crippen LogP contribution in [0.15, 0.2) is 0 Å². The molecule has 3 nitrogen and oxygen atoms in total. The van der Waals surface area contributed by atoms with Crippen LogP contribution in [0.25, 0.3) is 0 Å². The molecule has 0 aromatic heterocycles. The topological polar surface area (TPSA) is 45.0 Å². The van der Waals surface area contributed by atoms with Crippen molar-refractivity contribution in [3.63, 3.8) is 0 Å². The van der Waals surface area contributed by atoms with Crippen LogP contribution < -0.4 is 5.32 Å². The van der Waals surface area contributed by atoms with Crippen molar-refractivity contribution in [3.05, 3.63) is 0 Å². The molecule has 3 rings (SSSR count). The second-order valence-electron chi connectivity index (χ2n) is 6.89. The van der Waals surface area contributed by atoms with Gasteiger partial charge >= 0.3 is 0 Å². The van der Waals surface area contributed by atoms with Crippen molar-refractivity contribution in [2.45, 2.75) is 76.0 Å². The molecule has 0 saturated heterocycles. The maximum absolute atomic E-state index is 9.67. The van der Waals surface area contributed by atoms with Gasteiger partial charge in [0.15, 0.2) is 0 Å². The predicted octanol–water partition coefficient (Wildman–Crippen LogP) is 3.01. The fourth-order valence-corrected chi connectivity index (χ4v) is 3.37. The largest absolute Gasteiger partial charge is 0.375 e. The minimum atomic E-state index is -0.391. The van der Waals surface area contributed by atoms with Crippen LogP contribution >= 0.6 is 0 Å². The zero-order valence-corrected chi connectivity index (χ0v) is 12.0. The van der Waals surface area contributed by atoms with Gasteiger partial charge in [0, 0.05) is 6.04 Å². The van der Waals surface area contributed by atoms with Gasteiger partial charge in [-0.15, -0.1) is 0 Å². The fraction of sp³-hybridized carbons (Fsp3) is 0.938. The SMILES string of the molecule is CC1CCCCC1OCC(C#N)(NC1CC1)C1CC1. The van der Waals surface area contributed by atoms with Gasteiger partial charge in [0.1, 0.15) is 5.54 Å². The van der Waals surface area contributed by atoms with Crippen LogP contribution in [-0.4, -0.2) is 24.3 Å². The zero-order valence-electron chi connectivity index (χ0n) is 12.0. The predicted molar refractivity (Wildman–Crippen MR) is 74.6 cm³/mol. The molecule has 0 aromatic carbocycles. The molecule has 3 saturated carbocycles. The summed E-state index contributed by atoms with van der Waals surface area (Å²) in [5.74, 6) is 1.18. The summed E-state index contributed by atoms with van der Waals surface area (Å²) in [5, 5.41) is 13.3. The van der Waals surface area contributed by atoms with Crippen molar-refractivity contribution in [1.82, 2.24) is 5.32 Å². The summed E-state index contributed by atoms with van der Waals surface area (Å²) >= 11 is 0. The first kappa shape index (κ1) is 13.4. The first-order valence-electron chi connectivity index (χ1n) is 8.04. The van der Waals surface area contributed by atoms with Gasteiger partial charge in [-0.25, -0.2) is 0 Å². The standard InChI is InChI=1S/C16H26N2O/c1-12-4-2-3-5-15(12)19-11-16(10-17,13-6-7-13)18-14-8-9-14/h12-15,18H,2-9,11H2,1H3. The Labute approximate surface area is 116 Å². The minimum absolute atomic E-state index is 0.376. The molecule has 0 bridgehead atoms. The molecule has 3 aliphatic carbocycles. The molecule has 3 aliphatic rings. The van der Waals surface area contributed by atoms with E-state index in [4.69, 9.17) is 4.74 Å². The van der Waals surface area contributed by atoms with E-state index in [-0.39, 0.29) is 0 Å². The van der Waals surface area contributed by atoms with Gasteiger partial charge in [0.2, 0.25) is 0 Å². The van der Waals surface area contributed by atoms with E-state index in [1.165, 1.54) is 51.4 Å². The van der Waals surface area contributed by atoms with Crippen molar-refractivity contribution in [2.24, 2.45) is 11.8 Å². The Morgan fingerprint density at radius 2 is 1.89 bits per heavy atom. The number of rotatable bonds is 6. The van der Waals surface area contributed by atoms with Gasteiger partial charge in [-0.05, 0) is 50.4 Å². The first-order valence-corrected chi connectivity index (χ1v) is 8.04. The highest BCUT2D eigenvalue weighted by Crippen LogP contribution is 2.42. The molecule has 3 fully saturated rings. The molecule has 0 heterocycles.